The van der Waals surface area contributed by atoms with Crippen molar-refractivity contribution >= 4 is 0 Å². The van der Waals surface area contributed by atoms with Crippen molar-refractivity contribution in [3.8, 4) is 5.75 Å². The van der Waals surface area contributed by atoms with Crippen LogP contribution in [0.25, 0.3) is 0 Å². The molecule has 0 bridgehead atoms. The van der Waals surface area contributed by atoms with Gasteiger partial charge in [-0.15, -0.1) is 0 Å². The van der Waals surface area contributed by atoms with Crippen molar-refractivity contribution in [1.82, 2.24) is 9.55 Å². The summed E-state index contributed by atoms with van der Waals surface area (Å²) in [6, 6.07) is 4.21. The highest BCUT2D eigenvalue weighted by molar-refractivity contribution is 5.44. The Hall–Kier alpha value is -1.81. The monoisotopic (exact) mass is 274 g/mol. The fraction of sp³-hybridized carbons (Fsp3) is 0.438. The van der Waals surface area contributed by atoms with Crippen LogP contribution in [0, 0.1) is 13.8 Å². The SMILES string of the molecule is COc1cc(C)c(C(O)c2cncn2C(C)C)cc1C. The third-order valence-corrected chi connectivity index (χ3v) is 3.61. The zero-order valence-corrected chi connectivity index (χ0v) is 12.7. The van der Waals surface area contributed by atoms with E-state index in [1.54, 1.807) is 19.6 Å². The van der Waals surface area contributed by atoms with E-state index >= 15 is 0 Å². The molecule has 1 aromatic heterocycles. The minimum Gasteiger partial charge on any atom is -0.496 e. The van der Waals surface area contributed by atoms with Crippen LogP contribution in [0.2, 0.25) is 0 Å². The van der Waals surface area contributed by atoms with Crippen molar-refractivity contribution in [2.45, 2.75) is 39.8 Å². The molecule has 2 aromatic rings. The van der Waals surface area contributed by atoms with E-state index in [9.17, 15) is 5.11 Å². The Morgan fingerprint density at radius 2 is 1.90 bits per heavy atom. The van der Waals surface area contributed by atoms with Gasteiger partial charge in [-0.2, -0.15) is 0 Å². The van der Waals surface area contributed by atoms with E-state index in [2.05, 4.69) is 18.8 Å². The average molecular weight is 274 g/mol. The lowest BCUT2D eigenvalue weighted by Gasteiger charge is -2.19. The molecular formula is C16H22N2O2. The summed E-state index contributed by atoms with van der Waals surface area (Å²) in [7, 11) is 1.66. The zero-order chi connectivity index (χ0) is 14.9. The van der Waals surface area contributed by atoms with Crippen LogP contribution in [0.5, 0.6) is 5.75 Å². The van der Waals surface area contributed by atoms with Gasteiger partial charge in [0.05, 0.1) is 25.3 Å². The summed E-state index contributed by atoms with van der Waals surface area (Å²) in [6.07, 6.45) is 2.81. The molecule has 0 spiro atoms. The van der Waals surface area contributed by atoms with Crippen molar-refractivity contribution in [3.63, 3.8) is 0 Å². The first-order chi connectivity index (χ1) is 9.45. The molecule has 0 aliphatic heterocycles. The third kappa shape index (κ3) is 2.56. The van der Waals surface area contributed by atoms with E-state index in [1.165, 1.54) is 0 Å². The molecule has 1 N–H and O–H groups in total. The topological polar surface area (TPSA) is 47.3 Å². The molecular weight excluding hydrogens is 252 g/mol. The van der Waals surface area contributed by atoms with Crippen molar-refractivity contribution in [2.75, 3.05) is 7.11 Å². The molecule has 4 heteroatoms. The van der Waals surface area contributed by atoms with E-state index in [1.807, 2.05) is 30.5 Å². The molecule has 1 atom stereocenters. The third-order valence-electron chi connectivity index (χ3n) is 3.61. The summed E-state index contributed by atoms with van der Waals surface area (Å²) in [4.78, 5) is 4.15. The fourth-order valence-electron chi connectivity index (χ4n) is 2.44. The number of rotatable bonds is 4. The number of aliphatic hydroxyl groups excluding tert-OH is 1. The molecule has 20 heavy (non-hydrogen) atoms. The summed E-state index contributed by atoms with van der Waals surface area (Å²) < 4.78 is 7.30. The maximum atomic E-state index is 10.7. The number of ether oxygens (including phenoxy) is 1. The van der Waals surface area contributed by atoms with Gasteiger partial charge in [0.25, 0.3) is 0 Å². The summed E-state index contributed by atoms with van der Waals surface area (Å²) in [5, 5.41) is 10.7. The smallest absolute Gasteiger partial charge is 0.122 e. The minimum atomic E-state index is -0.676. The number of aliphatic hydroxyl groups is 1. The van der Waals surface area contributed by atoms with Gasteiger partial charge in [0.15, 0.2) is 0 Å². The summed E-state index contributed by atoms with van der Waals surface area (Å²) in [5.41, 5.74) is 3.73. The summed E-state index contributed by atoms with van der Waals surface area (Å²) in [6.45, 7) is 8.11. The lowest BCUT2D eigenvalue weighted by Crippen LogP contribution is -2.11. The highest BCUT2D eigenvalue weighted by atomic mass is 16.5. The standard InChI is InChI=1S/C16H22N2O2/c1-10(2)18-9-17-8-14(18)16(19)13-6-12(4)15(20-5)7-11(13)3/h6-10,16,19H,1-5H3. The van der Waals surface area contributed by atoms with Crippen LogP contribution in [0.1, 0.15) is 48.4 Å². The molecule has 2 rings (SSSR count). The maximum Gasteiger partial charge on any atom is 0.122 e. The number of methoxy groups -OCH3 is 1. The molecule has 0 amide bonds. The highest BCUT2D eigenvalue weighted by Crippen LogP contribution is 2.30. The largest absolute Gasteiger partial charge is 0.496 e. The number of hydrogen-bond acceptors (Lipinski definition) is 3. The fourth-order valence-corrected chi connectivity index (χ4v) is 2.44. The lowest BCUT2D eigenvalue weighted by atomic mass is 9.98. The van der Waals surface area contributed by atoms with Crippen LogP contribution in [-0.4, -0.2) is 21.8 Å². The quantitative estimate of drug-likeness (QED) is 0.931. The minimum absolute atomic E-state index is 0.266. The molecule has 1 aromatic carbocycles. The molecule has 1 heterocycles. The van der Waals surface area contributed by atoms with Gasteiger partial charge in [-0.3, -0.25) is 0 Å². The lowest BCUT2D eigenvalue weighted by molar-refractivity contribution is 0.207. The Balaban J connectivity index is 2.45. The second-order valence-corrected chi connectivity index (χ2v) is 5.40. The first kappa shape index (κ1) is 14.6. The number of imidazole rings is 1. The van der Waals surface area contributed by atoms with Crippen molar-refractivity contribution in [1.29, 1.82) is 0 Å². The molecule has 108 valence electrons. The Labute approximate surface area is 120 Å². The van der Waals surface area contributed by atoms with Crippen molar-refractivity contribution < 1.29 is 9.84 Å². The van der Waals surface area contributed by atoms with Gasteiger partial charge in [-0.25, -0.2) is 4.98 Å². The van der Waals surface area contributed by atoms with Crippen molar-refractivity contribution in [2.24, 2.45) is 0 Å². The van der Waals surface area contributed by atoms with Crippen LogP contribution >= 0.6 is 0 Å². The number of aromatic nitrogens is 2. The van der Waals surface area contributed by atoms with E-state index < -0.39 is 6.10 Å². The molecule has 4 nitrogen and oxygen atoms in total. The number of benzene rings is 1. The van der Waals surface area contributed by atoms with E-state index in [0.29, 0.717) is 0 Å². The average Bonchev–Trinajstić information content (AvgIpc) is 2.89. The van der Waals surface area contributed by atoms with Gasteiger partial charge in [0.1, 0.15) is 11.9 Å². The predicted molar refractivity (Wildman–Crippen MR) is 79.1 cm³/mol. The summed E-state index contributed by atoms with van der Waals surface area (Å²) in [5.74, 6) is 0.843. The Bertz CT molecular complexity index is 603. The molecule has 1 unspecified atom stereocenters. The van der Waals surface area contributed by atoms with E-state index in [0.717, 1.165) is 28.1 Å². The van der Waals surface area contributed by atoms with Gasteiger partial charge >= 0.3 is 0 Å². The number of nitrogens with zero attached hydrogens (tertiary/aromatic N) is 2. The molecule has 0 fully saturated rings. The van der Waals surface area contributed by atoms with Crippen LogP contribution in [-0.2, 0) is 0 Å². The second-order valence-electron chi connectivity index (χ2n) is 5.40. The van der Waals surface area contributed by atoms with E-state index in [4.69, 9.17) is 4.74 Å². The van der Waals surface area contributed by atoms with Gasteiger partial charge in [0, 0.05) is 6.04 Å². The molecule has 0 saturated carbocycles. The van der Waals surface area contributed by atoms with Crippen LogP contribution < -0.4 is 4.74 Å². The van der Waals surface area contributed by atoms with Crippen molar-refractivity contribution in [3.05, 3.63) is 47.0 Å². The zero-order valence-electron chi connectivity index (χ0n) is 12.7. The first-order valence-electron chi connectivity index (χ1n) is 6.80. The van der Waals surface area contributed by atoms with Gasteiger partial charge in [-0.1, -0.05) is 0 Å². The van der Waals surface area contributed by atoms with Crippen LogP contribution in [0.3, 0.4) is 0 Å². The number of aryl methyl sites for hydroxylation is 2. The van der Waals surface area contributed by atoms with Gasteiger partial charge in [-0.05, 0) is 56.5 Å². The van der Waals surface area contributed by atoms with Gasteiger partial charge in [0.2, 0.25) is 0 Å². The Morgan fingerprint density at radius 1 is 1.20 bits per heavy atom. The summed E-state index contributed by atoms with van der Waals surface area (Å²) >= 11 is 0. The van der Waals surface area contributed by atoms with Crippen LogP contribution in [0.15, 0.2) is 24.7 Å². The Kier molecular flexibility index (Phi) is 4.14. The van der Waals surface area contributed by atoms with Gasteiger partial charge < -0.3 is 14.4 Å². The first-order valence-corrected chi connectivity index (χ1v) is 6.80. The van der Waals surface area contributed by atoms with E-state index in [-0.39, 0.29) is 6.04 Å². The maximum absolute atomic E-state index is 10.7. The molecule has 0 saturated heterocycles. The molecule has 0 radical (unpaired) electrons. The Morgan fingerprint density at radius 3 is 2.50 bits per heavy atom. The number of hydrogen-bond donors (Lipinski definition) is 1. The molecule has 0 aliphatic rings. The second kappa shape index (κ2) is 5.67. The highest BCUT2D eigenvalue weighted by Gasteiger charge is 2.19. The normalized spacial score (nSPS) is 12.8. The predicted octanol–water partition coefficient (Wildman–Crippen LogP) is 3.17. The van der Waals surface area contributed by atoms with Crippen LogP contribution in [0.4, 0.5) is 0 Å². The molecule has 0 aliphatic carbocycles.